The molecule has 8 heteroatoms. The zero-order valence-electron chi connectivity index (χ0n) is 12.6. The maximum absolute atomic E-state index is 5.38. The fourth-order valence-electron chi connectivity index (χ4n) is 2.70. The van der Waals surface area contributed by atoms with E-state index in [9.17, 15) is 0 Å². The quantitative estimate of drug-likeness (QED) is 0.726. The van der Waals surface area contributed by atoms with Gasteiger partial charge in [0.1, 0.15) is 6.33 Å². The summed E-state index contributed by atoms with van der Waals surface area (Å²) in [6, 6.07) is 1.98. The van der Waals surface area contributed by atoms with Gasteiger partial charge in [-0.1, -0.05) is 5.16 Å². The molecule has 4 heterocycles. The molecule has 0 saturated carbocycles. The molecule has 4 rings (SSSR count). The van der Waals surface area contributed by atoms with Crippen LogP contribution in [0.1, 0.15) is 17.1 Å². The number of hydrogen-bond acceptors (Lipinski definition) is 8. The number of nitrogens with zero attached hydrogens (tertiary/aromatic N) is 5. The number of hydrogen-bond donors (Lipinski definition) is 0. The molecule has 0 saturated heterocycles. The van der Waals surface area contributed by atoms with Crippen LogP contribution in [-0.4, -0.2) is 38.7 Å². The SMILES string of the molecule is COc1ncnc2c1CN(Cc1nc(-c3ccsc3)no1)CC2. The van der Waals surface area contributed by atoms with Gasteiger partial charge in [0.15, 0.2) is 0 Å². The van der Waals surface area contributed by atoms with Gasteiger partial charge in [-0.15, -0.1) is 0 Å². The number of thiophene rings is 1. The van der Waals surface area contributed by atoms with E-state index in [1.807, 2.05) is 16.8 Å². The molecule has 1 aliphatic heterocycles. The van der Waals surface area contributed by atoms with Crippen molar-refractivity contribution in [1.29, 1.82) is 0 Å². The summed E-state index contributed by atoms with van der Waals surface area (Å²) in [5.74, 6) is 1.90. The summed E-state index contributed by atoms with van der Waals surface area (Å²) in [5.41, 5.74) is 3.08. The van der Waals surface area contributed by atoms with Crippen molar-refractivity contribution in [1.82, 2.24) is 25.0 Å². The molecule has 0 fully saturated rings. The van der Waals surface area contributed by atoms with Crippen LogP contribution in [0.2, 0.25) is 0 Å². The number of fused-ring (bicyclic) bond motifs is 1. The van der Waals surface area contributed by atoms with Crippen molar-refractivity contribution in [2.45, 2.75) is 19.5 Å². The lowest BCUT2D eigenvalue weighted by atomic mass is 10.1. The van der Waals surface area contributed by atoms with Gasteiger partial charge in [0, 0.05) is 36.0 Å². The second kappa shape index (κ2) is 6.05. The molecule has 0 spiro atoms. The highest BCUT2D eigenvalue weighted by atomic mass is 32.1. The zero-order chi connectivity index (χ0) is 15.6. The minimum Gasteiger partial charge on any atom is -0.481 e. The van der Waals surface area contributed by atoms with Crippen LogP contribution in [0.4, 0.5) is 0 Å². The summed E-state index contributed by atoms with van der Waals surface area (Å²) in [6.07, 6.45) is 2.41. The van der Waals surface area contributed by atoms with Crippen LogP contribution in [0, 0.1) is 0 Å². The Kier molecular flexibility index (Phi) is 3.76. The molecule has 3 aromatic heterocycles. The van der Waals surface area contributed by atoms with Crippen LogP contribution in [-0.2, 0) is 19.5 Å². The van der Waals surface area contributed by atoms with E-state index in [-0.39, 0.29) is 0 Å². The third-order valence-electron chi connectivity index (χ3n) is 3.84. The van der Waals surface area contributed by atoms with Gasteiger partial charge in [0.2, 0.25) is 17.6 Å². The van der Waals surface area contributed by atoms with Gasteiger partial charge in [-0.05, 0) is 11.4 Å². The van der Waals surface area contributed by atoms with Gasteiger partial charge in [-0.25, -0.2) is 9.97 Å². The first kappa shape index (κ1) is 14.3. The lowest BCUT2D eigenvalue weighted by Gasteiger charge is -2.27. The molecular weight excluding hydrogens is 314 g/mol. The van der Waals surface area contributed by atoms with Crippen molar-refractivity contribution in [2.75, 3.05) is 13.7 Å². The molecule has 0 radical (unpaired) electrons. The Bertz CT molecular complexity index is 788. The lowest BCUT2D eigenvalue weighted by molar-refractivity contribution is 0.204. The topological polar surface area (TPSA) is 77.2 Å². The van der Waals surface area contributed by atoms with Crippen molar-refractivity contribution in [3.05, 3.63) is 40.3 Å². The number of rotatable bonds is 4. The summed E-state index contributed by atoms with van der Waals surface area (Å²) in [5, 5.41) is 8.05. The first-order chi connectivity index (χ1) is 11.3. The lowest BCUT2D eigenvalue weighted by Crippen LogP contribution is -2.31. The van der Waals surface area contributed by atoms with Crippen molar-refractivity contribution in [3.63, 3.8) is 0 Å². The van der Waals surface area contributed by atoms with Crippen LogP contribution < -0.4 is 4.74 Å². The average Bonchev–Trinajstić information content (AvgIpc) is 3.25. The molecule has 0 aromatic carbocycles. The van der Waals surface area contributed by atoms with Crippen LogP contribution in [0.25, 0.3) is 11.4 Å². The van der Waals surface area contributed by atoms with E-state index in [0.717, 1.165) is 36.3 Å². The van der Waals surface area contributed by atoms with Gasteiger partial charge in [0.25, 0.3) is 0 Å². The average molecular weight is 329 g/mol. The highest BCUT2D eigenvalue weighted by Crippen LogP contribution is 2.25. The summed E-state index contributed by atoms with van der Waals surface area (Å²) < 4.78 is 10.7. The molecular formula is C15H15N5O2S. The van der Waals surface area contributed by atoms with Crippen molar-refractivity contribution < 1.29 is 9.26 Å². The first-order valence-electron chi connectivity index (χ1n) is 7.27. The predicted octanol–water partition coefficient (Wildman–Crippen LogP) is 2.16. The smallest absolute Gasteiger partial charge is 0.241 e. The highest BCUT2D eigenvalue weighted by Gasteiger charge is 2.23. The maximum atomic E-state index is 5.38. The standard InChI is InChI=1S/C15H15N5O2S/c1-21-15-11-6-20(4-2-12(11)16-9-17-15)7-13-18-14(19-22-13)10-3-5-23-8-10/h3,5,8-9H,2,4,6-7H2,1H3. The molecule has 3 aromatic rings. The van der Waals surface area contributed by atoms with E-state index >= 15 is 0 Å². The monoisotopic (exact) mass is 329 g/mol. The van der Waals surface area contributed by atoms with Crippen molar-refractivity contribution in [2.24, 2.45) is 0 Å². The molecule has 0 bridgehead atoms. The minimum absolute atomic E-state index is 0.606. The van der Waals surface area contributed by atoms with E-state index in [1.165, 1.54) is 0 Å². The number of ether oxygens (including phenoxy) is 1. The van der Waals surface area contributed by atoms with E-state index in [0.29, 0.717) is 24.1 Å². The zero-order valence-corrected chi connectivity index (χ0v) is 13.4. The van der Waals surface area contributed by atoms with Crippen molar-refractivity contribution in [3.8, 4) is 17.3 Å². The molecule has 0 amide bonds. The van der Waals surface area contributed by atoms with E-state index in [4.69, 9.17) is 9.26 Å². The van der Waals surface area contributed by atoms with Crippen LogP contribution in [0.5, 0.6) is 5.88 Å². The van der Waals surface area contributed by atoms with Gasteiger partial charge in [-0.2, -0.15) is 16.3 Å². The third-order valence-corrected chi connectivity index (χ3v) is 4.52. The summed E-state index contributed by atoms with van der Waals surface area (Å²) in [6.45, 7) is 2.22. The van der Waals surface area contributed by atoms with Crippen LogP contribution in [0.3, 0.4) is 0 Å². The fourth-order valence-corrected chi connectivity index (χ4v) is 3.34. The molecule has 0 unspecified atom stereocenters. The molecule has 1 aliphatic rings. The molecule has 7 nitrogen and oxygen atoms in total. The molecule has 118 valence electrons. The van der Waals surface area contributed by atoms with E-state index in [1.54, 1.807) is 24.8 Å². The maximum Gasteiger partial charge on any atom is 0.241 e. The van der Waals surface area contributed by atoms with Gasteiger partial charge >= 0.3 is 0 Å². The number of aromatic nitrogens is 4. The second-order valence-corrected chi connectivity index (χ2v) is 6.07. The Labute approximate surface area is 137 Å². The Balaban J connectivity index is 1.50. The Morgan fingerprint density at radius 2 is 2.35 bits per heavy atom. The largest absolute Gasteiger partial charge is 0.481 e. The predicted molar refractivity (Wildman–Crippen MR) is 84.0 cm³/mol. The molecule has 0 N–H and O–H groups in total. The fraction of sp³-hybridized carbons (Fsp3) is 0.333. The molecule has 23 heavy (non-hydrogen) atoms. The Morgan fingerprint density at radius 1 is 1.39 bits per heavy atom. The summed E-state index contributed by atoms with van der Waals surface area (Å²) in [4.78, 5) is 15.2. The number of methoxy groups -OCH3 is 1. The normalized spacial score (nSPS) is 14.7. The Morgan fingerprint density at radius 3 is 3.17 bits per heavy atom. The van der Waals surface area contributed by atoms with Gasteiger partial charge in [-0.3, -0.25) is 4.90 Å². The van der Waals surface area contributed by atoms with Gasteiger partial charge in [0.05, 0.1) is 19.3 Å². The van der Waals surface area contributed by atoms with E-state index < -0.39 is 0 Å². The summed E-state index contributed by atoms with van der Waals surface area (Å²) >= 11 is 1.62. The first-order valence-corrected chi connectivity index (χ1v) is 8.22. The van der Waals surface area contributed by atoms with Gasteiger partial charge < -0.3 is 9.26 Å². The minimum atomic E-state index is 0.606. The van der Waals surface area contributed by atoms with Crippen LogP contribution in [0.15, 0.2) is 27.7 Å². The van der Waals surface area contributed by atoms with E-state index in [2.05, 4.69) is 25.0 Å². The summed E-state index contributed by atoms with van der Waals surface area (Å²) in [7, 11) is 1.63. The Hall–Kier alpha value is -2.32. The second-order valence-electron chi connectivity index (χ2n) is 5.29. The van der Waals surface area contributed by atoms with Crippen LogP contribution >= 0.6 is 11.3 Å². The molecule has 0 aliphatic carbocycles. The molecule has 0 atom stereocenters. The van der Waals surface area contributed by atoms with Crippen molar-refractivity contribution >= 4 is 11.3 Å². The highest BCUT2D eigenvalue weighted by molar-refractivity contribution is 7.08. The third kappa shape index (κ3) is 2.82.